The summed E-state index contributed by atoms with van der Waals surface area (Å²) in [6.45, 7) is 2.63. The Morgan fingerprint density at radius 2 is 1.81 bits per heavy atom. The van der Waals surface area contributed by atoms with Gasteiger partial charge in [-0.25, -0.2) is 18.4 Å². The van der Waals surface area contributed by atoms with Gasteiger partial charge in [0.2, 0.25) is 11.8 Å². The number of piperazine rings is 1. The molecule has 166 valence electrons. The van der Waals surface area contributed by atoms with Crippen LogP contribution in [0.15, 0.2) is 24.5 Å². The van der Waals surface area contributed by atoms with Crippen molar-refractivity contribution in [2.75, 3.05) is 42.6 Å². The number of hydrogen-bond acceptors (Lipinski definition) is 7. The van der Waals surface area contributed by atoms with Crippen LogP contribution >= 0.6 is 0 Å². The Balaban J connectivity index is 1.28. The summed E-state index contributed by atoms with van der Waals surface area (Å²) in [5, 5.41) is 0.918. The highest BCUT2D eigenvalue weighted by Crippen LogP contribution is 2.31. The van der Waals surface area contributed by atoms with Crippen molar-refractivity contribution in [3.8, 4) is 5.88 Å². The molecule has 1 aromatic carbocycles. The van der Waals surface area contributed by atoms with Crippen LogP contribution in [-0.2, 0) is 14.6 Å². The molecule has 2 aromatic rings. The topological polar surface area (TPSA) is 92.7 Å². The number of ether oxygens (including phenoxy) is 1. The number of sulfone groups is 1. The molecular weight excluding hydrogens is 416 g/mol. The second kappa shape index (κ2) is 8.26. The minimum atomic E-state index is -3.05. The molecular formula is C22H28N4O4S. The highest BCUT2D eigenvalue weighted by atomic mass is 32.2. The first kappa shape index (κ1) is 20.5. The van der Waals surface area contributed by atoms with Gasteiger partial charge in [0, 0.05) is 31.9 Å². The van der Waals surface area contributed by atoms with Gasteiger partial charge in [0.25, 0.3) is 0 Å². The number of carbonyl (C=O) groups is 1. The standard InChI is InChI=1S/C22H28N4O4S/c27-22(16-7-12-31(28,29)14-16)26-10-8-25(9-11-26)17-5-6-20-19(13-17)21(24-15-23-20)30-18-3-1-2-4-18/h5-6,13,15-16,18H,1-4,7-12,14H2. The number of fused-ring (bicyclic) bond motifs is 1. The molecule has 2 aliphatic heterocycles. The molecule has 2 saturated heterocycles. The Morgan fingerprint density at radius 1 is 1.03 bits per heavy atom. The SMILES string of the molecule is O=C(C1CCS(=O)(=O)C1)N1CCN(c2ccc3ncnc(OC4CCCC4)c3c2)CC1. The van der Waals surface area contributed by atoms with E-state index in [0.717, 1.165) is 29.4 Å². The summed E-state index contributed by atoms with van der Waals surface area (Å²) >= 11 is 0. The summed E-state index contributed by atoms with van der Waals surface area (Å²) in [5.41, 5.74) is 1.93. The lowest BCUT2D eigenvalue weighted by atomic mass is 10.1. The van der Waals surface area contributed by atoms with Gasteiger partial charge in [-0.05, 0) is 50.3 Å². The van der Waals surface area contributed by atoms with Crippen molar-refractivity contribution in [1.29, 1.82) is 0 Å². The molecule has 3 fully saturated rings. The predicted molar refractivity (Wildman–Crippen MR) is 118 cm³/mol. The van der Waals surface area contributed by atoms with Crippen molar-refractivity contribution < 1.29 is 17.9 Å². The maximum atomic E-state index is 12.7. The van der Waals surface area contributed by atoms with E-state index in [1.807, 2.05) is 11.0 Å². The maximum Gasteiger partial charge on any atom is 0.226 e. The molecule has 0 bridgehead atoms. The van der Waals surface area contributed by atoms with Crippen molar-refractivity contribution in [3.63, 3.8) is 0 Å². The van der Waals surface area contributed by atoms with E-state index in [9.17, 15) is 13.2 Å². The van der Waals surface area contributed by atoms with Gasteiger partial charge in [-0.1, -0.05) is 0 Å². The van der Waals surface area contributed by atoms with E-state index >= 15 is 0 Å². The fourth-order valence-electron chi connectivity index (χ4n) is 4.91. The van der Waals surface area contributed by atoms with E-state index in [2.05, 4.69) is 27.0 Å². The third-order valence-electron chi connectivity index (χ3n) is 6.70. The Kier molecular flexibility index (Phi) is 5.45. The molecule has 5 rings (SSSR count). The molecule has 0 N–H and O–H groups in total. The van der Waals surface area contributed by atoms with Gasteiger partial charge in [0.05, 0.1) is 28.3 Å². The minimum Gasteiger partial charge on any atom is -0.474 e. The van der Waals surface area contributed by atoms with Gasteiger partial charge in [0.1, 0.15) is 12.4 Å². The second-order valence-corrected chi connectivity index (χ2v) is 11.0. The van der Waals surface area contributed by atoms with Crippen molar-refractivity contribution >= 4 is 32.3 Å². The highest BCUT2D eigenvalue weighted by Gasteiger charge is 2.36. The van der Waals surface area contributed by atoms with Crippen LogP contribution < -0.4 is 9.64 Å². The lowest BCUT2D eigenvalue weighted by Gasteiger charge is -2.37. The monoisotopic (exact) mass is 444 g/mol. The predicted octanol–water partition coefficient (Wildman–Crippen LogP) is 2.03. The number of anilines is 1. The number of rotatable bonds is 4. The van der Waals surface area contributed by atoms with Crippen LogP contribution in [0.5, 0.6) is 5.88 Å². The quantitative estimate of drug-likeness (QED) is 0.712. The van der Waals surface area contributed by atoms with E-state index in [-0.39, 0.29) is 29.4 Å². The number of benzene rings is 1. The molecule has 3 aliphatic rings. The third kappa shape index (κ3) is 4.33. The van der Waals surface area contributed by atoms with E-state index in [0.29, 0.717) is 38.5 Å². The van der Waals surface area contributed by atoms with Crippen LogP contribution in [0.2, 0.25) is 0 Å². The van der Waals surface area contributed by atoms with Crippen LogP contribution in [0.3, 0.4) is 0 Å². The normalized spacial score (nSPS) is 24.1. The van der Waals surface area contributed by atoms with Gasteiger partial charge < -0.3 is 14.5 Å². The number of aromatic nitrogens is 2. The van der Waals surface area contributed by atoms with Gasteiger partial charge >= 0.3 is 0 Å². The zero-order valence-electron chi connectivity index (χ0n) is 17.6. The van der Waals surface area contributed by atoms with E-state index < -0.39 is 9.84 Å². The Hall–Kier alpha value is -2.42. The molecule has 1 atom stereocenters. The lowest BCUT2D eigenvalue weighted by Crippen LogP contribution is -2.50. The average Bonchev–Trinajstić information content (AvgIpc) is 3.42. The summed E-state index contributed by atoms with van der Waals surface area (Å²) < 4.78 is 29.6. The molecule has 1 unspecified atom stereocenters. The summed E-state index contributed by atoms with van der Waals surface area (Å²) in [5.74, 6) is 0.397. The van der Waals surface area contributed by atoms with Gasteiger partial charge in [-0.15, -0.1) is 0 Å². The zero-order valence-corrected chi connectivity index (χ0v) is 18.4. The van der Waals surface area contributed by atoms with Crippen molar-refractivity contribution in [2.24, 2.45) is 5.92 Å². The first-order chi connectivity index (χ1) is 15.0. The third-order valence-corrected chi connectivity index (χ3v) is 8.47. The molecule has 3 heterocycles. The fourth-order valence-corrected chi connectivity index (χ4v) is 6.64. The lowest BCUT2D eigenvalue weighted by molar-refractivity contribution is -0.135. The number of hydrogen-bond donors (Lipinski definition) is 0. The van der Waals surface area contributed by atoms with Gasteiger partial charge in [0.15, 0.2) is 9.84 Å². The molecule has 1 amide bonds. The van der Waals surface area contributed by atoms with Crippen LogP contribution in [0.1, 0.15) is 32.1 Å². The number of nitrogens with zero attached hydrogens (tertiary/aromatic N) is 4. The smallest absolute Gasteiger partial charge is 0.226 e. The Labute approximate surface area is 182 Å². The summed E-state index contributed by atoms with van der Waals surface area (Å²) in [6.07, 6.45) is 6.79. The molecule has 1 aromatic heterocycles. The largest absolute Gasteiger partial charge is 0.474 e. The van der Waals surface area contributed by atoms with Crippen LogP contribution in [0, 0.1) is 5.92 Å². The Morgan fingerprint density at radius 3 is 2.52 bits per heavy atom. The number of amides is 1. The van der Waals surface area contributed by atoms with E-state index in [4.69, 9.17) is 4.74 Å². The summed E-state index contributed by atoms with van der Waals surface area (Å²) in [7, 11) is -3.05. The summed E-state index contributed by atoms with van der Waals surface area (Å²) in [6, 6.07) is 6.13. The highest BCUT2D eigenvalue weighted by molar-refractivity contribution is 7.91. The van der Waals surface area contributed by atoms with E-state index in [1.165, 1.54) is 12.8 Å². The fraction of sp³-hybridized carbons (Fsp3) is 0.591. The van der Waals surface area contributed by atoms with Crippen molar-refractivity contribution in [3.05, 3.63) is 24.5 Å². The van der Waals surface area contributed by atoms with E-state index in [1.54, 1.807) is 6.33 Å². The van der Waals surface area contributed by atoms with Crippen molar-refractivity contribution in [2.45, 2.75) is 38.2 Å². The molecule has 9 heteroatoms. The minimum absolute atomic E-state index is 0.000489. The average molecular weight is 445 g/mol. The first-order valence-electron chi connectivity index (χ1n) is 11.1. The molecule has 1 saturated carbocycles. The molecule has 0 radical (unpaired) electrons. The number of carbonyl (C=O) groups excluding carboxylic acids is 1. The first-order valence-corrected chi connectivity index (χ1v) is 13.0. The Bertz CT molecular complexity index is 1080. The van der Waals surface area contributed by atoms with Gasteiger partial charge in [-0.2, -0.15) is 0 Å². The second-order valence-electron chi connectivity index (χ2n) is 8.82. The molecule has 31 heavy (non-hydrogen) atoms. The van der Waals surface area contributed by atoms with Crippen molar-refractivity contribution in [1.82, 2.24) is 14.9 Å². The van der Waals surface area contributed by atoms with Crippen LogP contribution in [0.25, 0.3) is 10.9 Å². The zero-order chi connectivity index (χ0) is 21.4. The van der Waals surface area contributed by atoms with Crippen LogP contribution in [-0.4, -0.2) is 73.0 Å². The maximum absolute atomic E-state index is 12.7. The molecule has 0 spiro atoms. The molecule has 8 nitrogen and oxygen atoms in total. The van der Waals surface area contributed by atoms with Gasteiger partial charge in [-0.3, -0.25) is 4.79 Å². The van der Waals surface area contributed by atoms with Crippen LogP contribution in [0.4, 0.5) is 5.69 Å². The summed E-state index contributed by atoms with van der Waals surface area (Å²) in [4.78, 5) is 25.6. The molecule has 1 aliphatic carbocycles.